The number of hydrogen-bond acceptors (Lipinski definition) is 25. The second kappa shape index (κ2) is 27.7. The fourth-order valence-corrected chi connectivity index (χ4v) is 16.4. The van der Waals surface area contributed by atoms with E-state index in [1.54, 1.807) is 82.6 Å². The maximum absolute atomic E-state index is 15.7. The number of ketones is 1. The molecule has 7 atom stereocenters. The molecule has 0 unspecified atom stereocenters. The number of morpholine rings is 1. The number of amides is 6. The second-order valence-electron chi connectivity index (χ2n) is 22.0. The van der Waals surface area contributed by atoms with Gasteiger partial charge >= 0.3 is 6.09 Å². The number of phenolic OH excluding ortho intramolecular Hbond substituents is 1. The quantitative estimate of drug-likeness (QED) is 0.0629. The number of phenols is 1. The lowest BCUT2D eigenvalue weighted by Gasteiger charge is -2.29. The van der Waals surface area contributed by atoms with E-state index in [9.17, 15) is 39.0 Å². The first-order valence-corrected chi connectivity index (χ1v) is 34.2. The number of nitrogens with one attached hydrogen (secondary N) is 3. The molecule has 10 heterocycles. The van der Waals surface area contributed by atoms with Gasteiger partial charge in [-0.25, -0.2) is 39.7 Å². The first kappa shape index (κ1) is 63.5. The number of Topliss-reactive ketones (excluding diaryl/α,β-unsaturated/α-hetero) is 1. The minimum Gasteiger partial charge on any atom is -0.508 e. The third-order valence-corrected chi connectivity index (χ3v) is 21.4. The maximum atomic E-state index is 15.7. The van der Waals surface area contributed by atoms with Gasteiger partial charge in [-0.15, -0.1) is 68.0 Å². The van der Waals surface area contributed by atoms with Gasteiger partial charge in [0, 0.05) is 88.2 Å². The predicted octanol–water partition coefficient (Wildman–Crippen LogP) is 7.34. The monoisotopic (exact) mass is 1350 g/mol. The van der Waals surface area contributed by atoms with Crippen molar-refractivity contribution in [3.8, 4) is 49.1 Å². The van der Waals surface area contributed by atoms with E-state index in [0.717, 1.165) is 47.1 Å². The van der Waals surface area contributed by atoms with E-state index < -0.39 is 83.6 Å². The van der Waals surface area contributed by atoms with Crippen LogP contribution >= 0.6 is 68.0 Å². The van der Waals surface area contributed by atoms with Crippen molar-refractivity contribution in [2.45, 2.75) is 69.4 Å². The van der Waals surface area contributed by atoms with Crippen LogP contribution < -0.4 is 27.4 Å². The Morgan fingerprint density at radius 3 is 2.14 bits per heavy atom. The first-order valence-electron chi connectivity index (χ1n) is 29.0. The topological polar surface area (TPSA) is 363 Å². The van der Waals surface area contributed by atoms with Gasteiger partial charge in [-0.2, -0.15) is 0 Å². The zero-order valence-corrected chi connectivity index (χ0v) is 53.9. The summed E-state index contributed by atoms with van der Waals surface area (Å²) >= 11 is 6.96. The number of carbonyl (C=O) groups excluding carboxylic acids is 7. The van der Waals surface area contributed by atoms with Gasteiger partial charge in [-0.1, -0.05) is 49.4 Å². The molecule has 3 aliphatic heterocycles. The van der Waals surface area contributed by atoms with Gasteiger partial charge in [-0.05, 0) is 42.3 Å². The lowest BCUT2D eigenvalue weighted by molar-refractivity contribution is -0.134. The van der Waals surface area contributed by atoms with Crippen LogP contribution in [-0.4, -0.2) is 154 Å². The highest BCUT2D eigenvalue weighted by Crippen LogP contribution is 2.44. The molecule has 9 N–H and O–H groups in total. The second-order valence-corrected chi connectivity index (χ2v) is 27.6. The summed E-state index contributed by atoms with van der Waals surface area (Å²) in [5, 5.41) is 41.4. The predicted molar refractivity (Wildman–Crippen MR) is 345 cm³/mol. The van der Waals surface area contributed by atoms with E-state index in [-0.39, 0.29) is 64.3 Å². The van der Waals surface area contributed by atoms with Gasteiger partial charge in [0.1, 0.15) is 82.8 Å². The average Bonchev–Trinajstić information content (AvgIpc) is 1.64. The number of hydrogen-bond donors (Lipinski definition) is 7. The number of pyridine rings is 1. The third-order valence-electron chi connectivity index (χ3n) is 15.8. The van der Waals surface area contributed by atoms with Crippen LogP contribution in [-0.2, 0) is 25.5 Å². The summed E-state index contributed by atoms with van der Waals surface area (Å²) in [7, 11) is 0. The molecule has 0 radical (unpaired) electrons. The molecule has 2 aromatic carbocycles. The molecule has 474 valence electrons. The van der Waals surface area contributed by atoms with Crippen LogP contribution in [0.3, 0.4) is 0 Å². The number of primary amides is 2. The number of aryl methyl sites for hydroxylation is 1. The summed E-state index contributed by atoms with van der Waals surface area (Å²) in [6, 6.07) is 15.1. The van der Waals surface area contributed by atoms with Gasteiger partial charge in [0.15, 0.2) is 5.78 Å². The SMILES string of the molecule is Cc1sc2nc1C(=O)C[C@@H]([C@H](O)c1ccccc1)c1nc(cs1)C(=O)N[C@@H](Cc1ccc(O)cc1)C(=O)N1C[C@H](OC(=O)NCCN3CCOCC3)[C@H](C)[C@H]1c1nc(cs1)-c1nc(cs1)-c1nc(-c3nc(C(N)=O)cs3)ccc1-c1nc(cs1)C(=O)N[C@H]2CC(N)=O. The maximum Gasteiger partial charge on any atom is 0.407 e. The van der Waals surface area contributed by atoms with Crippen LogP contribution in [0.15, 0.2) is 93.6 Å². The molecule has 0 saturated carbocycles. The summed E-state index contributed by atoms with van der Waals surface area (Å²) in [5.74, 6) is -5.57. The highest BCUT2D eigenvalue weighted by atomic mass is 32.1. The number of ether oxygens (including phenoxy) is 2. The highest BCUT2D eigenvalue weighted by Gasteiger charge is 2.48. The number of rotatable bonds is 12. The third kappa shape index (κ3) is 14.0. The lowest BCUT2D eigenvalue weighted by Crippen LogP contribution is -2.50. The van der Waals surface area contributed by atoms with Crippen molar-refractivity contribution in [1.82, 2.24) is 60.6 Å². The molecule has 25 nitrogen and oxygen atoms in total. The average molecular weight is 1360 g/mol. The zero-order chi connectivity index (χ0) is 64.3. The van der Waals surface area contributed by atoms with E-state index in [4.69, 9.17) is 50.8 Å². The van der Waals surface area contributed by atoms with Crippen molar-refractivity contribution in [1.29, 1.82) is 0 Å². The normalized spacial score (nSPS) is 20.2. The summed E-state index contributed by atoms with van der Waals surface area (Å²) in [5.41, 5.74) is 14.4. The number of nitrogens with two attached hydrogens (primary N) is 2. The van der Waals surface area contributed by atoms with E-state index in [1.807, 2.05) is 6.92 Å². The lowest BCUT2D eigenvalue weighted by atomic mass is 9.90. The van der Waals surface area contributed by atoms with Gasteiger partial charge in [0.05, 0.1) is 55.1 Å². The Bertz CT molecular complexity index is 4240. The standard InChI is InChI=1S/C61H58N14O11S6/c1-29-45(86-61(84)64-14-15-74-16-18-85-19-17-74)23-75-49(29)59-72-43(28-91-59)57-68-39(24-89-57)48-34(12-13-36(65-48)56-69-40(25-90-56)51(63)80)54-70-41(26-87-54)52(81)66-37(22-46(62)78)58-73-47(30(2)92-58)44(77)21-35(50(79)32-6-4-3-5-7-32)55-71-42(27-88-55)53(82)67-38(60(75)83)20-31-8-10-33(76)11-9-31/h3-13,24-29,35,37-38,45,49-50,76,79H,14-23H2,1-2H3,(H2,62,78)(H2,63,80)(H,64,84)(H,66,81)(H,67,82)/t29-,35-,37-,38-,45-,49-,50+/m0/s1. The summed E-state index contributed by atoms with van der Waals surface area (Å²) < 4.78 is 11.6. The molecule has 92 heavy (non-hydrogen) atoms. The molecule has 2 fully saturated rings. The van der Waals surface area contributed by atoms with Crippen molar-refractivity contribution < 1.29 is 53.2 Å². The molecule has 9 aromatic rings. The Hall–Kier alpha value is -8.66. The number of aliphatic hydroxyl groups is 1. The number of carbonyl (C=O) groups is 7. The Balaban J connectivity index is 0.953. The number of aromatic hydroxyl groups is 1. The van der Waals surface area contributed by atoms with Gasteiger partial charge in [-0.3, -0.25) is 33.7 Å². The van der Waals surface area contributed by atoms with Crippen molar-refractivity contribution in [3.63, 3.8) is 0 Å². The number of aliphatic hydroxyl groups excluding tert-OH is 1. The Morgan fingerprint density at radius 2 is 1.39 bits per heavy atom. The van der Waals surface area contributed by atoms with E-state index >= 15 is 4.79 Å². The van der Waals surface area contributed by atoms with Crippen molar-refractivity contribution in [3.05, 3.63) is 147 Å². The smallest absolute Gasteiger partial charge is 0.407 e. The molecule has 0 spiro atoms. The number of alkyl carbamates (subject to hydrolysis) is 1. The van der Waals surface area contributed by atoms with Crippen molar-refractivity contribution in [2.75, 3.05) is 45.9 Å². The number of nitrogens with zero attached hydrogens (tertiary/aromatic N) is 9. The summed E-state index contributed by atoms with van der Waals surface area (Å²) in [6.45, 7) is 6.95. The minimum atomic E-state index is -1.32. The van der Waals surface area contributed by atoms with Crippen LogP contribution in [0.25, 0.3) is 43.4 Å². The number of aromatic nitrogens is 7. The fraction of sp³-hybridized carbons (Fsp3) is 0.311. The van der Waals surface area contributed by atoms with Gasteiger partial charge < -0.3 is 52.0 Å². The number of fused-ring (bicyclic) bond motifs is 16. The molecular weight excluding hydrogens is 1300 g/mol. The van der Waals surface area contributed by atoms with Crippen LogP contribution in [0.5, 0.6) is 5.75 Å². The number of thiazole rings is 6. The summed E-state index contributed by atoms with van der Waals surface area (Å²) in [4.78, 5) is 136. The largest absolute Gasteiger partial charge is 0.508 e. The molecule has 6 amide bonds. The molecule has 12 rings (SSSR count). The number of benzene rings is 2. The first-order chi connectivity index (χ1) is 44.4. The Kier molecular flexibility index (Phi) is 19.1. The Morgan fingerprint density at radius 1 is 0.728 bits per heavy atom. The molecule has 31 heteroatoms. The molecular formula is C61H58N14O11S6. The minimum absolute atomic E-state index is 0.0140. The van der Waals surface area contributed by atoms with Crippen molar-refractivity contribution in [2.24, 2.45) is 17.4 Å². The van der Waals surface area contributed by atoms with Crippen molar-refractivity contribution >= 4 is 109 Å². The zero-order valence-electron chi connectivity index (χ0n) is 49.0. The van der Waals surface area contributed by atoms with Gasteiger partial charge in [0.25, 0.3) is 17.7 Å². The molecule has 7 aromatic heterocycles. The van der Waals surface area contributed by atoms with E-state index in [2.05, 4.69) is 25.8 Å². The summed E-state index contributed by atoms with van der Waals surface area (Å²) in [6.07, 6.45) is -3.66. The van der Waals surface area contributed by atoms with Gasteiger partial charge in [0.2, 0.25) is 11.8 Å². The molecule has 2 saturated heterocycles. The van der Waals surface area contributed by atoms with Crippen LogP contribution in [0.2, 0.25) is 0 Å². The van der Waals surface area contributed by atoms with E-state index in [0.29, 0.717) is 90.7 Å². The Labute approximate surface area is 549 Å². The van der Waals surface area contributed by atoms with Crippen LogP contribution in [0.1, 0.15) is 117 Å². The fourth-order valence-electron chi connectivity index (χ4n) is 11.0. The molecule has 10 bridgehead atoms. The molecule has 3 aliphatic rings. The molecule has 0 aliphatic carbocycles. The van der Waals surface area contributed by atoms with E-state index in [1.165, 1.54) is 56.9 Å². The van der Waals surface area contributed by atoms with Crippen LogP contribution in [0.4, 0.5) is 4.79 Å². The van der Waals surface area contributed by atoms with Crippen LogP contribution in [0, 0.1) is 12.8 Å². The highest BCUT2D eigenvalue weighted by molar-refractivity contribution is 7.15.